The van der Waals surface area contributed by atoms with Gasteiger partial charge in [0.1, 0.15) is 5.75 Å². The van der Waals surface area contributed by atoms with Crippen LogP contribution in [0.15, 0.2) is 60.8 Å². The van der Waals surface area contributed by atoms with Crippen LogP contribution in [-0.4, -0.2) is 17.4 Å². The van der Waals surface area contributed by atoms with E-state index in [9.17, 15) is 13.2 Å². The van der Waals surface area contributed by atoms with E-state index < -0.39 is 12.8 Å². The van der Waals surface area contributed by atoms with E-state index in [4.69, 9.17) is 4.74 Å². The van der Waals surface area contributed by atoms with Crippen molar-refractivity contribution in [1.82, 2.24) is 4.57 Å². The Hall–Kier alpha value is -2.43. The monoisotopic (exact) mass is 305 g/mol. The molecule has 3 rings (SSSR count). The van der Waals surface area contributed by atoms with Crippen LogP contribution in [0, 0.1) is 0 Å². The number of benzene rings is 2. The smallest absolute Gasteiger partial charge is 0.422 e. The molecule has 2 nitrogen and oxygen atoms in total. The van der Waals surface area contributed by atoms with Crippen molar-refractivity contribution in [3.8, 4) is 5.75 Å². The molecule has 22 heavy (non-hydrogen) atoms. The number of alkyl halides is 3. The molecule has 2 aromatic carbocycles. The van der Waals surface area contributed by atoms with E-state index in [-0.39, 0.29) is 5.75 Å². The van der Waals surface area contributed by atoms with E-state index in [0.717, 1.165) is 16.5 Å². The van der Waals surface area contributed by atoms with Gasteiger partial charge in [0.05, 0.1) is 0 Å². The van der Waals surface area contributed by atoms with Crippen LogP contribution < -0.4 is 4.74 Å². The molecule has 0 saturated heterocycles. The first-order valence-corrected chi connectivity index (χ1v) is 6.84. The molecule has 3 aromatic rings. The van der Waals surface area contributed by atoms with Gasteiger partial charge in [-0.2, -0.15) is 13.2 Å². The van der Waals surface area contributed by atoms with Crippen LogP contribution in [0.2, 0.25) is 0 Å². The summed E-state index contributed by atoms with van der Waals surface area (Å²) >= 11 is 0. The molecule has 0 aliphatic heterocycles. The zero-order chi connectivity index (χ0) is 15.6. The lowest BCUT2D eigenvalue weighted by molar-refractivity contribution is -0.153. The summed E-state index contributed by atoms with van der Waals surface area (Å²) in [6.45, 7) is -0.695. The van der Waals surface area contributed by atoms with Gasteiger partial charge in [0, 0.05) is 18.3 Å². The number of aromatic nitrogens is 1. The van der Waals surface area contributed by atoms with Crippen LogP contribution in [-0.2, 0) is 6.54 Å². The maximum absolute atomic E-state index is 12.2. The summed E-state index contributed by atoms with van der Waals surface area (Å²) in [4.78, 5) is 0. The Morgan fingerprint density at radius 1 is 0.955 bits per heavy atom. The van der Waals surface area contributed by atoms with Crippen LogP contribution in [0.4, 0.5) is 13.2 Å². The van der Waals surface area contributed by atoms with Gasteiger partial charge in [0.15, 0.2) is 6.61 Å². The van der Waals surface area contributed by atoms with E-state index in [2.05, 4.69) is 4.57 Å². The molecule has 1 aromatic heterocycles. The number of halogens is 3. The predicted octanol–water partition coefficient (Wildman–Crippen LogP) is 4.63. The highest BCUT2D eigenvalue weighted by atomic mass is 19.4. The van der Waals surface area contributed by atoms with Crippen molar-refractivity contribution < 1.29 is 17.9 Å². The van der Waals surface area contributed by atoms with Gasteiger partial charge in [0.25, 0.3) is 0 Å². The predicted molar refractivity (Wildman–Crippen MR) is 79.0 cm³/mol. The maximum Gasteiger partial charge on any atom is 0.422 e. The third kappa shape index (κ3) is 3.42. The minimum absolute atomic E-state index is 0.228. The molecule has 0 radical (unpaired) electrons. The zero-order valence-corrected chi connectivity index (χ0v) is 11.7. The molecule has 1 heterocycles. The molecular weight excluding hydrogens is 291 g/mol. The first-order chi connectivity index (χ1) is 10.5. The summed E-state index contributed by atoms with van der Waals surface area (Å²) in [6.07, 6.45) is -2.36. The Morgan fingerprint density at radius 2 is 1.77 bits per heavy atom. The molecule has 0 saturated carbocycles. The number of fused-ring (bicyclic) bond motifs is 1. The topological polar surface area (TPSA) is 14.2 Å². The van der Waals surface area contributed by atoms with Gasteiger partial charge >= 0.3 is 6.18 Å². The molecule has 0 N–H and O–H groups in total. The maximum atomic E-state index is 12.2. The van der Waals surface area contributed by atoms with Crippen LogP contribution >= 0.6 is 0 Å². The summed E-state index contributed by atoms with van der Waals surface area (Å²) in [6, 6.07) is 16.7. The van der Waals surface area contributed by atoms with Crippen molar-refractivity contribution in [2.24, 2.45) is 0 Å². The second-order valence-electron chi connectivity index (χ2n) is 5.05. The first kappa shape index (κ1) is 14.5. The lowest BCUT2D eigenvalue weighted by Gasteiger charge is -2.11. The molecule has 5 heteroatoms. The normalized spacial score (nSPS) is 11.8. The SMILES string of the molecule is FC(F)(F)COc1cccc(Cn2ccc3ccccc32)c1. The summed E-state index contributed by atoms with van der Waals surface area (Å²) in [5.41, 5.74) is 1.98. The van der Waals surface area contributed by atoms with Crippen molar-refractivity contribution in [2.45, 2.75) is 12.7 Å². The average Bonchev–Trinajstić information content (AvgIpc) is 2.88. The Kier molecular flexibility index (Phi) is 3.79. The molecule has 0 aliphatic rings. The molecule has 0 aliphatic carbocycles. The van der Waals surface area contributed by atoms with Gasteiger partial charge in [-0.05, 0) is 35.2 Å². The first-order valence-electron chi connectivity index (χ1n) is 6.84. The average molecular weight is 305 g/mol. The van der Waals surface area contributed by atoms with Gasteiger partial charge in [-0.15, -0.1) is 0 Å². The van der Waals surface area contributed by atoms with Gasteiger partial charge < -0.3 is 9.30 Å². The largest absolute Gasteiger partial charge is 0.484 e. The van der Waals surface area contributed by atoms with E-state index in [1.165, 1.54) is 6.07 Å². The molecule has 114 valence electrons. The Bertz CT molecular complexity index is 777. The van der Waals surface area contributed by atoms with Gasteiger partial charge in [0.2, 0.25) is 0 Å². The number of ether oxygens (including phenoxy) is 1. The van der Waals surface area contributed by atoms with E-state index in [1.807, 2.05) is 42.6 Å². The standard InChI is InChI=1S/C17H14F3NO/c18-17(19,20)12-22-15-6-3-4-13(10-15)11-21-9-8-14-5-1-2-7-16(14)21/h1-10H,11-12H2. The molecule has 0 unspecified atom stereocenters. The third-order valence-corrected chi connectivity index (χ3v) is 3.33. The number of rotatable bonds is 4. The lowest BCUT2D eigenvalue weighted by atomic mass is 10.2. The van der Waals surface area contributed by atoms with Crippen LogP contribution in [0.1, 0.15) is 5.56 Å². The fourth-order valence-corrected chi connectivity index (χ4v) is 2.37. The molecule has 0 atom stereocenters. The molecule has 0 fully saturated rings. The molecule has 0 spiro atoms. The molecule has 0 amide bonds. The number of para-hydroxylation sites is 1. The van der Waals surface area contributed by atoms with E-state index in [0.29, 0.717) is 6.54 Å². The Morgan fingerprint density at radius 3 is 2.59 bits per heavy atom. The second-order valence-corrected chi connectivity index (χ2v) is 5.05. The highest BCUT2D eigenvalue weighted by molar-refractivity contribution is 5.80. The Labute approximate surface area is 125 Å². The summed E-state index contributed by atoms with van der Waals surface area (Å²) < 4.78 is 43.4. The molecule has 0 bridgehead atoms. The fraction of sp³-hybridized carbons (Fsp3) is 0.176. The summed E-state index contributed by atoms with van der Waals surface area (Å²) in [5, 5.41) is 1.13. The van der Waals surface area contributed by atoms with E-state index in [1.54, 1.807) is 12.1 Å². The number of nitrogens with zero attached hydrogens (tertiary/aromatic N) is 1. The van der Waals surface area contributed by atoms with Gasteiger partial charge in [-0.25, -0.2) is 0 Å². The van der Waals surface area contributed by atoms with Gasteiger partial charge in [-0.3, -0.25) is 0 Å². The summed E-state index contributed by atoms with van der Waals surface area (Å²) in [5.74, 6) is 0.228. The second kappa shape index (κ2) is 5.75. The fourth-order valence-electron chi connectivity index (χ4n) is 2.37. The van der Waals surface area contributed by atoms with Gasteiger partial charge in [-0.1, -0.05) is 30.3 Å². The zero-order valence-electron chi connectivity index (χ0n) is 11.7. The van der Waals surface area contributed by atoms with Crippen molar-refractivity contribution >= 4 is 10.9 Å². The van der Waals surface area contributed by atoms with Crippen molar-refractivity contribution in [2.75, 3.05) is 6.61 Å². The number of hydrogen-bond acceptors (Lipinski definition) is 1. The Balaban J connectivity index is 1.78. The molecular formula is C17H14F3NO. The number of hydrogen-bond donors (Lipinski definition) is 0. The minimum Gasteiger partial charge on any atom is -0.484 e. The van der Waals surface area contributed by atoms with Crippen molar-refractivity contribution in [3.05, 3.63) is 66.4 Å². The highest BCUT2D eigenvalue weighted by Gasteiger charge is 2.28. The third-order valence-electron chi connectivity index (χ3n) is 3.33. The van der Waals surface area contributed by atoms with E-state index >= 15 is 0 Å². The van der Waals surface area contributed by atoms with Crippen molar-refractivity contribution in [3.63, 3.8) is 0 Å². The minimum atomic E-state index is -4.33. The quantitative estimate of drug-likeness (QED) is 0.685. The lowest BCUT2D eigenvalue weighted by Crippen LogP contribution is -2.19. The highest BCUT2D eigenvalue weighted by Crippen LogP contribution is 2.21. The van der Waals surface area contributed by atoms with Crippen LogP contribution in [0.25, 0.3) is 10.9 Å². The van der Waals surface area contributed by atoms with Crippen LogP contribution in [0.3, 0.4) is 0 Å². The van der Waals surface area contributed by atoms with Crippen LogP contribution in [0.5, 0.6) is 5.75 Å². The van der Waals surface area contributed by atoms with Crippen molar-refractivity contribution in [1.29, 1.82) is 0 Å². The summed E-state index contributed by atoms with van der Waals surface area (Å²) in [7, 11) is 0.